The van der Waals surface area contributed by atoms with Crippen molar-refractivity contribution in [3.63, 3.8) is 0 Å². The van der Waals surface area contributed by atoms with Gasteiger partial charge in [0.25, 0.3) is 0 Å². The zero-order valence-corrected chi connectivity index (χ0v) is 34.3. The topological polar surface area (TPSA) is 36.9 Å². The van der Waals surface area contributed by atoms with E-state index in [1.807, 2.05) is 13.8 Å². The Morgan fingerprint density at radius 3 is 1.20 bits per heavy atom. The molecule has 0 fully saturated rings. The van der Waals surface area contributed by atoms with Crippen molar-refractivity contribution in [1.82, 2.24) is 0 Å². The Labute approximate surface area is 345 Å². The third kappa shape index (κ3) is 15.2. The Hall–Kier alpha value is -5.22. The van der Waals surface area contributed by atoms with E-state index in [-0.39, 0.29) is 47.0 Å². The van der Waals surface area contributed by atoms with Gasteiger partial charge in [-0.1, -0.05) is 102 Å². The summed E-state index contributed by atoms with van der Waals surface area (Å²) < 4.78 is 109. The van der Waals surface area contributed by atoms with Crippen LogP contribution < -0.4 is 18.9 Å². The Kier molecular flexibility index (Phi) is 19.9. The molecular formula is C49H54F6O4. The van der Waals surface area contributed by atoms with Crippen molar-refractivity contribution in [1.29, 1.82) is 0 Å². The molecule has 0 amide bonds. The summed E-state index contributed by atoms with van der Waals surface area (Å²) in [5, 5.41) is 0. The molecule has 0 atom stereocenters. The van der Waals surface area contributed by atoms with Crippen LogP contribution in [0.3, 0.4) is 0 Å². The van der Waals surface area contributed by atoms with Crippen molar-refractivity contribution in [3.05, 3.63) is 118 Å². The molecule has 0 saturated carbocycles. The minimum Gasteiger partial charge on any atom is -0.493 e. The van der Waals surface area contributed by atoms with Crippen LogP contribution >= 0.6 is 0 Å². The maximum absolute atomic E-state index is 14.7. The molecule has 10 heteroatoms. The molecular weight excluding hydrogens is 767 g/mol. The lowest BCUT2D eigenvalue weighted by atomic mass is 9.93. The van der Waals surface area contributed by atoms with Gasteiger partial charge in [-0.25, -0.2) is 17.6 Å². The quantitative estimate of drug-likeness (QED) is 0.0424. The zero-order chi connectivity index (χ0) is 42.4. The van der Waals surface area contributed by atoms with Crippen LogP contribution in [0.4, 0.5) is 26.3 Å². The molecule has 0 aliphatic rings. The van der Waals surface area contributed by atoms with E-state index < -0.39 is 34.9 Å². The van der Waals surface area contributed by atoms with Gasteiger partial charge in [0.2, 0.25) is 11.6 Å². The Morgan fingerprint density at radius 2 is 0.814 bits per heavy atom. The first-order chi connectivity index (χ1) is 28.6. The van der Waals surface area contributed by atoms with Gasteiger partial charge in [0.05, 0.1) is 48.7 Å². The first-order valence-corrected chi connectivity index (χ1v) is 20.7. The van der Waals surface area contributed by atoms with Gasteiger partial charge >= 0.3 is 0 Å². The molecule has 0 radical (unpaired) electrons. The molecule has 4 rings (SSSR count). The van der Waals surface area contributed by atoms with Gasteiger partial charge in [0, 0.05) is 12.1 Å². The minimum atomic E-state index is -1.13. The summed E-state index contributed by atoms with van der Waals surface area (Å²) in [4.78, 5) is 0. The molecule has 0 saturated heterocycles. The van der Waals surface area contributed by atoms with Crippen molar-refractivity contribution >= 4 is 0 Å². The van der Waals surface area contributed by atoms with E-state index in [2.05, 4.69) is 30.6 Å². The van der Waals surface area contributed by atoms with Gasteiger partial charge in [0.15, 0.2) is 23.1 Å². The van der Waals surface area contributed by atoms with Gasteiger partial charge in [-0.2, -0.15) is 8.78 Å². The third-order valence-electron chi connectivity index (χ3n) is 9.78. The molecule has 0 heterocycles. The number of ether oxygens (including phenoxy) is 4. The smallest absolute Gasteiger partial charge is 0.201 e. The average Bonchev–Trinajstić information content (AvgIpc) is 3.23. The number of halogens is 6. The van der Waals surface area contributed by atoms with Gasteiger partial charge < -0.3 is 18.9 Å². The van der Waals surface area contributed by atoms with Crippen molar-refractivity contribution in [2.24, 2.45) is 5.92 Å². The molecule has 0 aliphatic carbocycles. The first-order valence-electron chi connectivity index (χ1n) is 20.7. The summed E-state index contributed by atoms with van der Waals surface area (Å²) in [6, 6.07) is 13.9. The summed E-state index contributed by atoms with van der Waals surface area (Å²) in [6.07, 6.45) is 12.3. The van der Waals surface area contributed by atoms with E-state index in [0.29, 0.717) is 30.6 Å². The maximum Gasteiger partial charge on any atom is 0.201 e. The van der Waals surface area contributed by atoms with Crippen LogP contribution in [0.25, 0.3) is 0 Å². The molecule has 4 aromatic carbocycles. The van der Waals surface area contributed by atoms with Gasteiger partial charge in [0.1, 0.15) is 23.1 Å². The molecule has 0 aromatic heterocycles. The highest BCUT2D eigenvalue weighted by Gasteiger charge is 2.15. The summed E-state index contributed by atoms with van der Waals surface area (Å²) >= 11 is 0. The molecule has 0 spiro atoms. The second-order valence-electron chi connectivity index (χ2n) is 14.3. The fraction of sp³-hybridized carbons (Fsp3) is 0.429. The lowest BCUT2D eigenvalue weighted by molar-refractivity contribution is 0.288. The molecule has 59 heavy (non-hydrogen) atoms. The van der Waals surface area contributed by atoms with Crippen LogP contribution in [-0.4, -0.2) is 26.4 Å². The molecule has 4 nitrogen and oxygen atoms in total. The largest absolute Gasteiger partial charge is 0.493 e. The van der Waals surface area contributed by atoms with Gasteiger partial charge in [-0.15, -0.1) is 0 Å². The number of rotatable bonds is 23. The second-order valence-corrected chi connectivity index (χ2v) is 14.3. The standard InChI is InChI=1S/C49H54F6O4/c1-4-7-29-58-44-27-23-38(46(52)48(44)54)19-17-36-21-25-40(33-42(36)50)56-31-13-9-11-15-35(6-3)16-12-10-14-32-57-41-26-22-37(43(51)34-41)18-20-39-24-28-45(49(55)47(39)53)59-30-8-5-2/h21-28,33-35H,4-16,29-32H2,1-3H3. The van der Waals surface area contributed by atoms with Crippen LogP contribution in [0, 0.1) is 64.5 Å². The molecule has 0 N–H and O–H groups in total. The van der Waals surface area contributed by atoms with Crippen molar-refractivity contribution in [2.45, 2.75) is 104 Å². The van der Waals surface area contributed by atoms with Gasteiger partial charge in [-0.3, -0.25) is 0 Å². The Bertz CT molecular complexity index is 1920. The highest BCUT2D eigenvalue weighted by atomic mass is 19.2. The van der Waals surface area contributed by atoms with Crippen LogP contribution in [0.2, 0.25) is 0 Å². The summed E-state index contributed by atoms with van der Waals surface area (Å²) in [5.41, 5.74) is -0.266. The Balaban J connectivity index is 1.09. The van der Waals surface area contributed by atoms with E-state index in [0.717, 1.165) is 83.5 Å². The van der Waals surface area contributed by atoms with E-state index in [1.165, 1.54) is 48.5 Å². The molecule has 316 valence electrons. The van der Waals surface area contributed by atoms with E-state index in [4.69, 9.17) is 18.9 Å². The normalized spacial score (nSPS) is 10.8. The SMILES string of the molecule is CCCCOc1ccc(C#Cc2ccc(OCCCCCC(CC)CCCCCOc3ccc(C#Cc4ccc(OCCCC)c(F)c4F)c(F)c3)cc2F)c(F)c1F. The fourth-order valence-electron chi connectivity index (χ4n) is 6.13. The predicted molar refractivity (Wildman–Crippen MR) is 220 cm³/mol. The monoisotopic (exact) mass is 820 g/mol. The summed E-state index contributed by atoms with van der Waals surface area (Å²) in [5.74, 6) is 5.52. The number of hydrogen-bond acceptors (Lipinski definition) is 4. The van der Waals surface area contributed by atoms with E-state index in [1.54, 1.807) is 12.1 Å². The van der Waals surface area contributed by atoms with Crippen LogP contribution in [0.15, 0.2) is 60.7 Å². The van der Waals surface area contributed by atoms with E-state index in [9.17, 15) is 26.3 Å². The van der Waals surface area contributed by atoms with Crippen molar-refractivity contribution < 1.29 is 45.3 Å². The number of hydrogen-bond donors (Lipinski definition) is 0. The molecule has 0 aliphatic heterocycles. The Morgan fingerprint density at radius 1 is 0.424 bits per heavy atom. The second kappa shape index (κ2) is 25.3. The highest BCUT2D eigenvalue weighted by Crippen LogP contribution is 2.26. The zero-order valence-electron chi connectivity index (χ0n) is 34.3. The van der Waals surface area contributed by atoms with Crippen molar-refractivity contribution in [2.75, 3.05) is 26.4 Å². The fourth-order valence-corrected chi connectivity index (χ4v) is 6.13. The van der Waals surface area contributed by atoms with Crippen LogP contribution in [0.1, 0.15) is 126 Å². The summed E-state index contributed by atoms with van der Waals surface area (Å²) in [7, 11) is 0. The minimum absolute atomic E-state index is 0.0505. The lowest BCUT2D eigenvalue weighted by Crippen LogP contribution is -2.02. The van der Waals surface area contributed by atoms with Crippen LogP contribution in [-0.2, 0) is 0 Å². The average molecular weight is 821 g/mol. The van der Waals surface area contributed by atoms with Crippen LogP contribution in [0.5, 0.6) is 23.0 Å². The highest BCUT2D eigenvalue weighted by molar-refractivity contribution is 5.48. The van der Waals surface area contributed by atoms with Crippen molar-refractivity contribution in [3.8, 4) is 46.7 Å². The summed E-state index contributed by atoms with van der Waals surface area (Å²) in [6.45, 7) is 7.60. The molecule has 4 aromatic rings. The number of benzene rings is 4. The number of unbranched alkanes of at least 4 members (excludes halogenated alkanes) is 6. The van der Waals surface area contributed by atoms with E-state index >= 15 is 0 Å². The first kappa shape index (κ1) is 46.5. The maximum atomic E-state index is 14.7. The lowest BCUT2D eigenvalue weighted by Gasteiger charge is -2.15. The van der Waals surface area contributed by atoms with Gasteiger partial charge in [-0.05, 0) is 80.1 Å². The predicted octanol–water partition coefficient (Wildman–Crippen LogP) is 13.3. The third-order valence-corrected chi connectivity index (χ3v) is 9.78. The molecule has 0 unspecified atom stereocenters. The molecule has 0 bridgehead atoms.